The summed E-state index contributed by atoms with van der Waals surface area (Å²) in [5.41, 5.74) is 7.54. The Bertz CT molecular complexity index is 943. The maximum atomic E-state index is 14.1. The summed E-state index contributed by atoms with van der Waals surface area (Å²) in [5.74, 6) is 0.349. The Morgan fingerprint density at radius 2 is 1.92 bits per heavy atom. The fourth-order valence-corrected chi connectivity index (χ4v) is 2.97. The van der Waals surface area contributed by atoms with Crippen molar-refractivity contribution in [2.75, 3.05) is 23.7 Å². The predicted octanol–water partition coefficient (Wildman–Crippen LogP) is 3.02. The van der Waals surface area contributed by atoms with Crippen molar-refractivity contribution in [3.05, 3.63) is 48.5 Å². The lowest BCUT2D eigenvalue weighted by Crippen LogP contribution is -2.33. The fraction of sp³-hybridized carbons (Fsp3) is 0.222. The molecule has 3 heterocycles. The molecule has 1 aliphatic rings. The van der Waals surface area contributed by atoms with Crippen LogP contribution in [-0.4, -0.2) is 28.5 Å². The number of ether oxygens (including phenoxy) is 1. The molecule has 0 saturated carbocycles. The van der Waals surface area contributed by atoms with E-state index >= 15 is 0 Å². The number of benzene rings is 1. The number of rotatable bonds is 3. The van der Waals surface area contributed by atoms with Gasteiger partial charge in [-0.25, -0.2) is 8.91 Å². The van der Waals surface area contributed by atoms with Crippen LogP contribution in [0.15, 0.2) is 42.7 Å². The molecule has 0 aliphatic carbocycles. The molecule has 0 atom stereocenters. The zero-order chi connectivity index (χ0) is 17.4. The molecule has 0 radical (unpaired) electrons. The van der Waals surface area contributed by atoms with E-state index in [-0.39, 0.29) is 11.5 Å². The standard InChI is InChI=1S/C18H17FN4O2/c19-15-9-12(20)1-2-17(15)25-18-10-13(11-23-16(18)3-6-21-23)22-7-4-14(24)5-8-22/h1-3,6,9-11H,4-5,7-8,20H2. The van der Waals surface area contributed by atoms with Crippen molar-refractivity contribution in [3.63, 3.8) is 0 Å². The zero-order valence-electron chi connectivity index (χ0n) is 13.5. The van der Waals surface area contributed by atoms with Gasteiger partial charge in [-0.15, -0.1) is 0 Å². The van der Waals surface area contributed by atoms with E-state index in [1.54, 1.807) is 22.8 Å². The second-order valence-corrected chi connectivity index (χ2v) is 6.04. The van der Waals surface area contributed by atoms with Crippen LogP contribution in [-0.2, 0) is 4.79 Å². The van der Waals surface area contributed by atoms with Crippen molar-refractivity contribution in [2.45, 2.75) is 12.8 Å². The molecule has 4 rings (SSSR count). The maximum Gasteiger partial charge on any atom is 0.167 e. The number of Topliss-reactive ketones (excluding diaryl/α,β-unsaturated/α-hetero) is 1. The summed E-state index contributed by atoms with van der Waals surface area (Å²) in [6.45, 7) is 1.31. The van der Waals surface area contributed by atoms with Gasteiger partial charge in [-0.3, -0.25) is 4.79 Å². The van der Waals surface area contributed by atoms with Crippen LogP contribution in [0.2, 0.25) is 0 Å². The number of pyridine rings is 1. The van der Waals surface area contributed by atoms with Crippen LogP contribution >= 0.6 is 0 Å². The molecule has 0 unspecified atom stereocenters. The normalized spacial score (nSPS) is 14.9. The van der Waals surface area contributed by atoms with Gasteiger partial charge in [-0.05, 0) is 18.2 Å². The minimum absolute atomic E-state index is 0.100. The molecule has 2 aromatic heterocycles. The molecule has 6 nitrogen and oxygen atoms in total. The van der Waals surface area contributed by atoms with Gasteiger partial charge < -0.3 is 15.4 Å². The van der Waals surface area contributed by atoms with Crippen LogP contribution in [0.25, 0.3) is 5.52 Å². The minimum atomic E-state index is -0.522. The Morgan fingerprint density at radius 3 is 2.68 bits per heavy atom. The molecule has 2 N–H and O–H groups in total. The van der Waals surface area contributed by atoms with Gasteiger partial charge in [-0.1, -0.05) is 0 Å². The van der Waals surface area contributed by atoms with Crippen LogP contribution in [0.1, 0.15) is 12.8 Å². The van der Waals surface area contributed by atoms with Gasteiger partial charge in [-0.2, -0.15) is 5.10 Å². The smallest absolute Gasteiger partial charge is 0.167 e. The summed E-state index contributed by atoms with van der Waals surface area (Å²) in [4.78, 5) is 13.6. The highest BCUT2D eigenvalue weighted by Crippen LogP contribution is 2.33. The fourth-order valence-electron chi connectivity index (χ4n) is 2.97. The highest BCUT2D eigenvalue weighted by Gasteiger charge is 2.19. The van der Waals surface area contributed by atoms with E-state index in [9.17, 15) is 9.18 Å². The number of hydrogen-bond donors (Lipinski definition) is 1. The molecule has 0 bridgehead atoms. The number of nitrogens with zero attached hydrogens (tertiary/aromatic N) is 3. The Hall–Kier alpha value is -3.09. The summed E-state index contributed by atoms with van der Waals surface area (Å²) in [7, 11) is 0. The summed E-state index contributed by atoms with van der Waals surface area (Å²) in [6, 6.07) is 7.97. The van der Waals surface area contributed by atoms with Gasteiger partial charge in [0, 0.05) is 43.8 Å². The van der Waals surface area contributed by atoms with E-state index in [4.69, 9.17) is 10.5 Å². The van der Waals surface area contributed by atoms with E-state index in [1.165, 1.54) is 12.1 Å². The molecular formula is C18H17FN4O2. The van der Waals surface area contributed by atoms with E-state index < -0.39 is 5.82 Å². The highest BCUT2D eigenvalue weighted by molar-refractivity contribution is 5.81. The summed E-state index contributed by atoms with van der Waals surface area (Å²) in [5, 5.41) is 4.26. The lowest BCUT2D eigenvalue weighted by molar-refractivity contribution is -0.119. The van der Waals surface area contributed by atoms with Crippen LogP contribution in [0.5, 0.6) is 11.5 Å². The van der Waals surface area contributed by atoms with Gasteiger partial charge in [0.25, 0.3) is 0 Å². The second-order valence-electron chi connectivity index (χ2n) is 6.04. The van der Waals surface area contributed by atoms with E-state index in [2.05, 4.69) is 10.00 Å². The topological polar surface area (TPSA) is 72.9 Å². The van der Waals surface area contributed by atoms with Gasteiger partial charge in [0.05, 0.1) is 18.1 Å². The predicted molar refractivity (Wildman–Crippen MR) is 92.5 cm³/mol. The third kappa shape index (κ3) is 3.00. The molecule has 1 aromatic carbocycles. The molecule has 7 heteroatoms. The highest BCUT2D eigenvalue weighted by atomic mass is 19.1. The van der Waals surface area contributed by atoms with Crippen molar-refractivity contribution >= 4 is 22.7 Å². The number of nitrogens with two attached hydrogens (primary N) is 1. The number of aromatic nitrogens is 2. The first-order valence-corrected chi connectivity index (χ1v) is 8.07. The molecular weight excluding hydrogens is 323 g/mol. The summed E-state index contributed by atoms with van der Waals surface area (Å²) < 4.78 is 21.6. The Labute approximate surface area is 143 Å². The largest absolute Gasteiger partial charge is 0.452 e. The molecule has 128 valence electrons. The van der Waals surface area contributed by atoms with Crippen molar-refractivity contribution in [1.29, 1.82) is 0 Å². The van der Waals surface area contributed by atoms with Crippen LogP contribution in [0, 0.1) is 5.82 Å². The average molecular weight is 340 g/mol. The molecule has 25 heavy (non-hydrogen) atoms. The molecule has 3 aromatic rings. The lowest BCUT2D eigenvalue weighted by atomic mass is 10.1. The summed E-state index contributed by atoms with van der Waals surface area (Å²) in [6.07, 6.45) is 4.60. The Morgan fingerprint density at radius 1 is 1.12 bits per heavy atom. The number of ketones is 1. The monoisotopic (exact) mass is 340 g/mol. The maximum absolute atomic E-state index is 14.1. The van der Waals surface area contributed by atoms with Crippen molar-refractivity contribution in [1.82, 2.24) is 9.61 Å². The van der Waals surface area contributed by atoms with Crippen molar-refractivity contribution < 1.29 is 13.9 Å². The van der Waals surface area contributed by atoms with Crippen LogP contribution in [0.3, 0.4) is 0 Å². The molecule has 1 aliphatic heterocycles. The molecule has 0 amide bonds. The van der Waals surface area contributed by atoms with Crippen LogP contribution < -0.4 is 15.4 Å². The first-order valence-electron chi connectivity index (χ1n) is 8.07. The number of anilines is 2. The van der Waals surface area contributed by atoms with Crippen molar-refractivity contribution in [2.24, 2.45) is 0 Å². The number of carbonyl (C=O) groups excluding carboxylic acids is 1. The van der Waals surface area contributed by atoms with Crippen molar-refractivity contribution in [3.8, 4) is 11.5 Å². The third-order valence-corrected chi connectivity index (χ3v) is 4.32. The quantitative estimate of drug-likeness (QED) is 0.742. The number of halogens is 1. The van der Waals surface area contributed by atoms with E-state index in [0.29, 0.717) is 37.4 Å². The number of nitrogen functional groups attached to an aromatic ring is 1. The SMILES string of the molecule is Nc1ccc(Oc2cc(N3CCC(=O)CC3)cn3nccc23)c(F)c1. The molecule has 1 fully saturated rings. The lowest BCUT2D eigenvalue weighted by Gasteiger charge is -2.28. The summed E-state index contributed by atoms with van der Waals surface area (Å²) >= 11 is 0. The Balaban J connectivity index is 1.72. The second kappa shape index (κ2) is 6.08. The number of fused-ring (bicyclic) bond motifs is 1. The van der Waals surface area contributed by atoms with Gasteiger partial charge in [0.1, 0.15) is 11.3 Å². The Kier molecular flexibility index (Phi) is 3.76. The van der Waals surface area contributed by atoms with Crippen LogP contribution in [0.4, 0.5) is 15.8 Å². The first-order chi connectivity index (χ1) is 12.1. The molecule has 1 saturated heterocycles. The zero-order valence-corrected chi connectivity index (χ0v) is 13.5. The number of hydrogen-bond acceptors (Lipinski definition) is 5. The van der Waals surface area contributed by atoms with E-state index in [0.717, 1.165) is 11.2 Å². The third-order valence-electron chi connectivity index (χ3n) is 4.32. The van der Waals surface area contributed by atoms with Gasteiger partial charge in [0.15, 0.2) is 17.3 Å². The van der Waals surface area contributed by atoms with Gasteiger partial charge >= 0.3 is 0 Å². The molecule has 0 spiro atoms. The average Bonchev–Trinajstić information content (AvgIpc) is 3.07. The minimum Gasteiger partial charge on any atom is -0.452 e. The van der Waals surface area contributed by atoms with E-state index in [1.807, 2.05) is 12.3 Å². The number of carbonyl (C=O) groups is 1. The number of piperidine rings is 1. The van der Waals surface area contributed by atoms with Gasteiger partial charge in [0.2, 0.25) is 0 Å². The first kappa shape index (κ1) is 15.4.